The van der Waals surface area contributed by atoms with Crippen molar-refractivity contribution in [2.24, 2.45) is 5.73 Å². The van der Waals surface area contributed by atoms with Crippen LogP contribution in [0.3, 0.4) is 0 Å². The Bertz CT molecular complexity index is 469. The molecule has 0 aliphatic rings. The lowest BCUT2D eigenvalue weighted by Crippen LogP contribution is -2.55. The van der Waals surface area contributed by atoms with E-state index in [0.29, 0.717) is 12.6 Å². The Kier molecular flexibility index (Phi) is 7.51. The fourth-order valence-corrected chi connectivity index (χ4v) is 3.19. The normalized spacial score (nSPS) is 14.8. The van der Waals surface area contributed by atoms with Gasteiger partial charge in [-0.1, -0.05) is 6.07 Å². The van der Waals surface area contributed by atoms with Crippen molar-refractivity contribution in [1.82, 2.24) is 10.2 Å². The molecule has 1 aromatic heterocycles. The van der Waals surface area contributed by atoms with E-state index >= 15 is 0 Å². The Morgan fingerprint density at radius 1 is 1.39 bits per heavy atom. The number of amides is 1. The van der Waals surface area contributed by atoms with Gasteiger partial charge in [0.25, 0.3) is 0 Å². The van der Waals surface area contributed by atoms with E-state index in [4.69, 9.17) is 10.5 Å². The minimum atomic E-state index is -0.503. The maximum atomic E-state index is 12.0. The predicted octanol–water partition coefficient (Wildman–Crippen LogP) is 3.20. The highest BCUT2D eigenvalue weighted by Crippen LogP contribution is 2.18. The molecule has 0 aliphatic heterocycles. The van der Waals surface area contributed by atoms with Gasteiger partial charge in [-0.25, -0.2) is 4.79 Å². The molecule has 2 atom stereocenters. The maximum absolute atomic E-state index is 12.0. The van der Waals surface area contributed by atoms with Gasteiger partial charge in [0.15, 0.2) is 0 Å². The van der Waals surface area contributed by atoms with E-state index in [2.05, 4.69) is 41.6 Å². The Morgan fingerprint density at radius 2 is 2.04 bits per heavy atom. The highest BCUT2D eigenvalue weighted by Gasteiger charge is 2.28. The summed E-state index contributed by atoms with van der Waals surface area (Å²) >= 11 is 1.74. The van der Waals surface area contributed by atoms with Crippen molar-refractivity contribution in [3.05, 3.63) is 22.4 Å². The molecule has 0 aliphatic carbocycles. The molecule has 132 valence electrons. The van der Waals surface area contributed by atoms with E-state index in [0.717, 1.165) is 6.54 Å². The molecule has 0 fully saturated rings. The molecule has 2 unspecified atom stereocenters. The average molecular weight is 342 g/mol. The quantitative estimate of drug-likeness (QED) is 0.799. The number of nitrogens with one attached hydrogen (secondary N) is 1. The lowest BCUT2D eigenvalue weighted by molar-refractivity contribution is 0.0449. The van der Waals surface area contributed by atoms with Crippen molar-refractivity contribution in [3.8, 4) is 0 Å². The van der Waals surface area contributed by atoms with E-state index in [1.165, 1.54) is 4.88 Å². The second-order valence-electron chi connectivity index (χ2n) is 7.08. The SMILES string of the molecule is CC(NC(=O)OC(C)(C)C)C(CN)N(Cc1cccs1)C(C)C. The van der Waals surface area contributed by atoms with Crippen LogP contribution in [0.5, 0.6) is 0 Å². The fraction of sp³-hybridized carbons (Fsp3) is 0.706. The van der Waals surface area contributed by atoms with Crippen LogP contribution in [0.1, 0.15) is 46.4 Å². The highest BCUT2D eigenvalue weighted by molar-refractivity contribution is 7.09. The van der Waals surface area contributed by atoms with Crippen molar-refractivity contribution in [2.75, 3.05) is 6.54 Å². The Balaban J connectivity index is 2.75. The standard InChI is InChI=1S/C17H31N3O2S/c1-12(2)20(11-14-8-7-9-23-14)15(10-18)13(3)19-16(21)22-17(4,5)6/h7-9,12-13,15H,10-11,18H2,1-6H3,(H,19,21). The van der Waals surface area contributed by atoms with Gasteiger partial charge in [-0.3, -0.25) is 4.90 Å². The summed E-state index contributed by atoms with van der Waals surface area (Å²) in [4.78, 5) is 15.6. The number of hydrogen-bond donors (Lipinski definition) is 2. The molecule has 0 aromatic carbocycles. The van der Waals surface area contributed by atoms with E-state index in [1.807, 2.05) is 27.7 Å². The van der Waals surface area contributed by atoms with Crippen LogP contribution in [0, 0.1) is 0 Å². The number of alkyl carbamates (subject to hydrolysis) is 1. The number of thiophene rings is 1. The van der Waals surface area contributed by atoms with Gasteiger partial charge < -0.3 is 15.8 Å². The van der Waals surface area contributed by atoms with Crippen LogP contribution in [0.4, 0.5) is 4.79 Å². The Labute approximate surface area is 144 Å². The predicted molar refractivity (Wildman–Crippen MR) is 96.7 cm³/mol. The third kappa shape index (κ3) is 6.89. The lowest BCUT2D eigenvalue weighted by Gasteiger charge is -2.38. The smallest absolute Gasteiger partial charge is 0.407 e. The maximum Gasteiger partial charge on any atom is 0.407 e. The van der Waals surface area contributed by atoms with E-state index in [-0.39, 0.29) is 12.1 Å². The first-order valence-electron chi connectivity index (χ1n) is 8.11. The summed E-state index contributed by atoms with van der Waals surface area (Å²) in [7, 11) is 0. The van der Waals surface area contributed by atoms with Gasteiger partial charge in [-0.2, -0.15) is 0 Å². The second-order valence-corrected chi connectivity index (χ2v) is 8.12. The number of carbonyl (C=O) groups is 1. The molecule has 5 nitrogen and oxygen atoms in total. The van der Waals surface area contributed by atoms with Crippen LogP contribution in [0.25, 0.3) is 0 Å². The first-order valence-corrected chi connectivity index (χ1v) is 8.99. The molecule has 1 heterocycles. The van der Waals surface area contributed by atoms with Gasteiger partial charge in [0.05, 0.1) is 0 Å². The van der Waals surface area contributed by atoms with E-state index in [9.17, 15) is 4.79 Å². The summed E-state index contributed by atoms with van der Waals surface area (Å²) in [6.07, 6.45) is -0.400. The van der Waals surface area contributed by atoms with E-state index < -0.39 is 11.7 Å². The molecule has 0 bridgehead atoms. The second kappa shape index (κ2) is 8.66. The summed E-state index contributed by atoms with van der Waals surface area (Å²) < 4.78 is 5.34. The first-order chi connectivity index (χ1) is 10.6. The van der Waals surface area contributed by atoms with E-state index in [1.54, 1.807) is 11.3 Å². The zero-order valence-electron chi connectivity index (χ0n) is 15.1. The number of carbonyl (C=O) groups excluding carboxylic acids is 1. The molecule has 0 spiro atoms. The number of hydrogen-bond acceptors (Lipinski definition) is 5. The summed E-state index contributed by atoms with van der Waals surface area (Å²) in [5.41, 5.74) is 5.51. The molecule has 3 N–H and O–H groups in total. The molecule has 23 heavy (non-hydrogen) atoms. The van der Waals surface area contributed by atoms with Gasteiger partial charge in [0, 0.05) is 36.1 Å². The Morgan fingerprint density at radius 3 is 2.48 bits per heavy atom. The van der Waals surface area contributed by atoms with Crippen LogP contribution in [-0.4, -0.2) is 41.3 Å². The van der Waals surface area contributed by atoms with Crippen LogP contribution < -0.4 is 11.1 Å². The zero-order valence-corrected chi connectivity index (χ0v) is 15.9. The number of nitrogens with two attached hydrogens (primary N) is 1. The van der Waals surface area contributed by atoms with Crippen molar-refractivity contribution in [1.29, 1.82) is 0 Å². The average Bonchev–Trinajstić information content (AvgIpc) is 2.88. The first kappa shape index (κ1) is 19.9. The number of ether oxygens (including phenoxy) is 1. The molecular weight excluding hydrogens is 310 g/mol. The van der Waals surface area contributed by atoms with Crippen molar-refractivity contribution in [3.63, 3.8) is 0 Å². The largest absolute Gasteiger partial charge is 0.444 e. The van der Waals surface area contributed by atoms with Crippen LogP contribution in [0.2, 0.25) is 0 Å². The zero-order chi connectivity index (χ0) is 17.6. The molecule has 6 heteroatoms. The van der Waals surface area contributed by atoms with Gasteiger partial charge in [-0.05, 0) is 53.0 Å². The topological polar surface area (TPSA) is 67.6 Å². The van der Waals surface area contributed by atoms with Gasteiger partial charge in [0.1, 0.15) is 5.60 Å². The monoisotopic (exact) mass is 341 g/mol. The third-order valence-corrected chi connectivity index (χ3v) is 4.43. The molecule has 1 amide bonds. The molecule has 0 radical (unpaired) electrons. The van der Waals surface area contributed by atoms with Crippen LogP contribution in [0.15, 0.2) is 17.5 Å². The number of rotatable bonds is 7. The highest BCUT2D eigenvalue weighted by atomic mass is 32.1. The lowest BCUT2D eigenvalue weighted by atomic mass is 10.1. The van der Waals surface area contributed by atoms with Gasteiger partial charge in [0.2, 0.25) is 0 Å². The Hall–Kier alpha value is -1.11. The molecule has 1 rings (SSSR count). The minimum Gasteiger partial charge on any atom is -0.444 e. The van der Waals surface area contributed by atoms with Crippen molar-refractivity contribution < 1.29 is 9.53 Å². The summed E-state index contributed by atoms with van der Waals surface area (Å²) in [6.45, 7) is 13.1. The van der Waals surface area contributed by atoms with Crippen LogP contribution >= 0.6 is 11.3 Å². The molecule has 0 saturated heterocycles. The molecule has 1 aromatic rings. The summed E-state index contributed by atoms with van der Waals surface area (Å²) in [5.74, 6) is 0. The summed E-state index contributed by atoms with van der Waals surface area (Å²) in [6, 6.07) is 4.45. The molecule has 0 saturated carbocycles. The van der Waals surface area contributed by atoms with Gasteiger partial charge >= 0.3 is 6.09 Å². The summed E-state index contributed by atoms with van der Waals surface area (Å²) in [5, 5.41) is 5.00. The van der Waals surface area contributed by atoms with Crippen molar-refractivity contribution in [2.45, 2.75) is 71.8 Å². The van der Waals surface area contributed by atoms with Gasteiger partial charge in [-0.15, -0.1) is 11.3 Å². The van der Waals surface area contributed by atoms with Crippen LogP contribution in [-0.2, 0) is 11.3 Å². The van der Waals surface area contributed by atoms with Crippen molar-refractivity contribution >= 4 is 17.4 Å². The molecular formula is C17H31N3O2S. The minimum absolute atomic E-state index is 0.0459. The third-order valence-electron chi connectivity index (χ3n) is 3.57. The number of nitrogens with zero attached hydrogens (tertiary/aromatic N) is 1. The fourth-order valence-electron chi connectivity index (χ4n) is 2.48.